The highest BCUT2D eigenvalue weighted by molar-refractivity contribution is 9.10. The first kappa shape index (κ1) is 22.6. The third kappa shape index (κ3) is 4.46. The average molecular weight is 570 g/mol. The lowest BCUT2D eigenvalue weighted by atomic mass is 10.1. The molecule has 0 N–H and O–H groups in total. The van der Waals surface area contributed by atoms with E-state index < -0.39 is 5.63 Å². The molecular formula is C25H11BrCl2N2O3S. The summed E-state index contributed by atoms with van der Waals surface area (Å²) in [4.78, 5) is 17.0. The molecule has 166 valence electrons. The van der Waals surface area contributed by atoms with Crippen molar-refractivity contribution in [3.8, 4) is 28.7 Å². The minimum absolute atomic E-state index is 0.305. The largest absolute Gasteiger partial charge is 0.457 e. The number of thiazole rings is 1. The van der Waals surface area contributed by atoms with Crippen LogP contribution in [-0.4, -0.2) is 4.98 Å². The molecular weight excluding hydrogens is 559 g/mol. The highest BCUT2D eigenvalue weighted by Gasteiger charge is 2.15. The first-order valence-electron chi connectivity index (χ1n) is 9.78. The molecule has 0 saturated carbocycles. The molecule has 3 heterocycles. The van der Waals surface area contributed by atoms with E-state index in [0.29, 0.717) is 49.0 Å². The molecule has 5 aromatic rings. The van der Waals surface area contributed by atoms with Crippen molar-refractivity contribution in [3.63, 3.8) is 0 Å². The van der Waals surface area contributed by atoms with Crippen LogP contribution < -0.4 is 5.63 Å². The van der Waals surface area contributed by atoms with Gasteiger partial charge in [0.25, 0.3) is 0 Å². The van der Waals surface area contributed by atoms with E-state index in [1.807, 2.05) is 6.07 Å². The fraction of sp³-hybridized carbons (Fsp3) is 0. The van der Waals surface area contributed by atoms with Gasteiger partial charge in [0.05, 0.1) is 26.9 Å². The molecule has 0 spiro atoms. The second-order valence-corrected chi connectivity index (χ2v) is 9.76. The Bertz CT molecular complexity index is 1690. The van der Waals surface area contributed by atoms with Crippen molar-refractivity contribution in [3.05, 3.63) is 95.7 Å². The number of fused-ring (bicyclic) bond motifs is 1. The van der Waals surface area contributed by atoms with Crippen molar-refractivity contribution in [2.75, 3.05) is 0 Å². The monoisotopic (exact) mass is 568 g/mol. The van der Waals surface area contributed by atoms with Crippen LogP contribution in [0.3, 0.4) is 0 Å². The van der Waals surface area contributed by atoms with Gasteiger partial charge in [0.1, 0.15) is 28.2 Å². The molecule has 0 aliphatic heterocycles. The van der Waals surface area contributed by atoms with Gasteiger partial charge in [-0.3, -0.25) is 0 Å². The molecule has 34 heavy (non-hydrogen) atoms. The Kier molecular flexibility index (Phi) is 6.15. The van der Waals surface area contributed by atoms with Crippen LogP contribution in [-0.2, 0) is 0 Å². The molecule has 3 aromatic heterocycles. The standard InChI is InChI=1S/C25H11BrCl2N2O3S/c26-16-2-5-23-14(7-16)9-18(25(31)33-23)21-12-34-24(30-21)15(11-29)8-17-3-6-22(32-17)13-1-4-19(27)20(28)10-13/h1-10,12H/b15-8+. The van der Waals surface area contributed by atoms with E-state index >= 15 is 0 Å². The maximum atomic E-state index is 12.5. The van der Waals surface area contributed by atoms with Crippen LogP contribution in [0, 0.1) is 11.3 Å². The summed E-state index contributed by atoms with van der Waals surface area (Å²) in [6, 6.07) is 18.0. The Morgan fingerprint density at radius 3 is 2.71 bits per heavy atom. The van der Waals surface area contributed by atoms with Crippen molar-refractivity contribution in [2.45, 2.75) is 0 Å². The van der Waals surface area contributed by atoms with Crippen LogP contribution in [0.2, 0.25) is 10.0 Å². The molecule has 0 aliphatic rings. The van der Waals surface area contributed by atoms with E-state index in [0.717, 1.165) is 15.4 Å². The smallest absolute Gasteiger partial charge is 0.345 e. The van der Waals surface area contributed by atoms with Crippen molar-refractivity contribution < 1.29 is 8.83 Å². The van der Waals surface area contributed by atoms with Crippen LogP contribution in [0.25, 0.3) is 45.2 Å². The molecule has 0 amide bonds. The second kappa shape index (κ2) is 9.24. The van der Waals surface area contributed by atoms with Gasteiger partial charge < -0.3 is 8.83 Å². The first-order valence-corrected chi connectivity index (χ1v) is 12.2. The Hall–Kier alpha value is -3.15. The lowest BCUT2D eigenvalue weighted by Gasteiger charge is -2.00. The summed E-state index contributed by atoms with van der Waals surface area (Å²) >= 11 is 16.7. The molecule has 2 aromatic carbocycles. The Morgan fingerprint density at radius 2 is 1.91 bits per heavy atom. The van der Waals surface area contributed by atoms with E-state index in [2.05, 4.69) is 27.0 Å². The van der Waals surface area contributed by atoms with E-state index in [9.17, 15) is 10.1 Å². The van der Waals surface area contributed by atoms with Gasteiger partial charge in [-0.2, -0.15) is 5.26 Å². The average Bonchev–Trinajstić information content (AvgIpc) is 3.49. The van der Waals surface area contributed by atoms with Crippen LogP contribution in [0.15, 0.2) is 78.1 Å². The summed E-state index contributed by atoms with van der Waals surface area (Å²) in [6.07, 6.45) is 1.60. The highest BCUT2D eigenvalue weighted by Crippen LogP contribution is 2.32. The Labute approximate surface area is 215 Å². The van der Waals surface area contributed by atoms with Crippen molar-refractivity contribution in [1.29, 1.82) is 5.26 Å². The predicted octanol–water partition coefficient (Wildman–Crippen LogP) is 8.31. The van der Waals surface area contributed by atoms with Gasteiger partial charge in [-0.25, -0.2) is 9.78 Å². The van der Waals surface area contributed by atoms with E-state index in [1.165, 1.54) is 11.3 Å². The summed E-state index contributed by atoms with van der Waals surface area (Å²) < 4.78 is 12.2. The quantitative estimate of drug-likeness (QED) is 0.160. The molecule has 0 fully saturated rings. The topological polar surface area (TPSA) is 80.0 Å². The minimum atomic E-state index is -0.494. The maximum Gasteiger partial charge on any atom is 0.345 e. The molecule has 0 saturated heterocycles. The minimum Gasteiger partial charge on any atom is -0.457 e. The van der Waals surface area contributed by atoms with Crippen molar-refractivity contribution in [2.24, 2.45) is 0 Å². The zero-order chi connectivity index (χ0) is 23.8. The molecule has 0 atom stereocenters. The summed E-state index contributed by atoms with van der Waals surface area (Å²) in [5, 5.41) is 13.5. The van der Waals surface area contributed by atoms with E-state index in [-0.39, 0.29) is 0 Å². The van der Waals surface area contributed by atoms with Crippen LogP contribution in [0.5, 0.6) is 0 Å². The number of allylic oxidation sites excluding steroid dienone is 1. The summed E-state index contributed by atoms with van der Waals surface area (Å²) in [5.74, 6) is 1.06. The third-order valence-corrected chi connectivity index (χ3v) is 7.05. The van der Waals surface area contributed by atoms with Gasteiger partial charge in [0.15, 0.2) is 0 Å². The number of aromatic nitrogens is 1. The second-order valence-electron chi connectivity index (χ2n) is 7.17. The number of halogens is 3. The number of nitriles is 1. The zero-order valence-corrected chi connectivity index (χ0v) is 20.9. The van der Waals surface area contributed by atoms with Gasteiger partial charge in [-0.05, 0) is 54.6 Å². The van der Waals surface area contributed by atoms with Crippen LogP contribution in [0.1, 0.15) is 10.8 Å². The molecule has 0 bridgehead atoms. The maximum absolute atomic E-state index is 12.5. The van der Waals surface area contributed by atoms with E-state index in [4.69, 9.17) is 32.0 Å². The molecule has 0 unspecified atom stereocenters. The van der Waals surface area contributed by atoms with Crippen molar-refractivity contribution >= 4 is 73.1 Å². The van der Waals surface area contributed by atoms with Gasteiger partial charge in [0, 0.05) is 26.9 Å². The van der Waals surface area contributed by atoms with Gasteiger partial charge in [-0.1, -0.05) is 39.1 Å². The van der Waals surface area contributed by atoms with Gasteiger partial charge in [0.2, 0.25) is 0 Å². The SMILES string of the molecule is N#C/C(=C\c1ccc(-c2ccc(Cl)c(Cl)c2)o1)c1nc(-c2cc3cc(Br)ccc3oc2=O)cs1. The Morgan fingerprint density at radius 1 is 1.06 bits per heavy atom. The number of hydrogen-bond acceptors (Lipinski definition) is 6. The number of furan rings is 1. The van der Waals surface area contributed by atoms with Crippen LogP contribution >= 0.6 is 50.5 Å². The lowest BCUT2D eigenvalue weighted by molar-refractivity contribution is 0.563. The fourth-order valence-corrected chi connectivity index (χ4v) is 4.78. The molecule has 9 heteroatoms. The molecule has 0 radical (unpaired) electrons. The summed E-state index contributed by atoms with van der Waals surface area (Å²) in [6.45, 7) is 0. The molecule has 0 aliphatic carbocycles. The summed E-state index contributed by atoms with van der Waals surface area (Å²) in [7, 11) is 0. The third-order valence-electron chi connectivity index (χ3n) is 4.94. The fourth-order valence-electron chi connectivity index (χ4n) is 3.31. The molecule has 5 nitrogen and oxygen atoms in total. The van der Waals surface area contributed by atoms with Gasteiger partial charge >= 0.3 is 5.63 Å². The number of hydrogen-bond donors (Lipinski definition) is 0. The first-order chi connectivity index (χ1) is 16.4. The number of rotatable bonds is 4. The lowest BCUT2D eigenvalue weighted by Crippen LogP contribution is -2.02. The van der Waals surface area contributed by atoms with Crippen molar-refractivity contribution in [1.82, 2.24) is 4.98 Å². The number of benzene rings is 2. The van der Waals surface area contributed by atoms with Gasteiger partial charge in [-0.15, -0.1) is 11.3 Å². The molecule has 5 rings (SSSR count). The zero-order valence-electron chi connectivity index (χ0n) is 17.0. The highest BCUT2D eigenvalue weighted by atomic mass is 79.9. The van der Waals surface area contributed by atoms with E-state index in [1.54, 1.807) is 60.0 Å². The number of nitrogens with zero attached hydrogens (tertiary/aromatic N) is 2. The van der Waals surface area contributed by atoms with Crippen LogP contribution in [0.4, 0.5) is 0 Å². The Balaban J connectivity index is 1.48. The summed E-state index contributed by atoms with van der Waals surface area (Å²) in [5.41, 5.74) is 1.82. The normalized spacial score (nSPS) is 11.6. The predicted molar refractivity (Wildman–Crippen MR) is 139 cm³/mol.